The Morgan fingerprint density at radius 2 is 2.28 bits per heavy atom. The van der Waals surface area contributed by atoms with E-state index in [1.807, 2.05) is 0 Å². The number of amides is 2. The van der Waals surface area contributed by atoms with E-state index < -0.39 is 29.2 Å². The quantitative estimate of drug-likeness (QED) is 0.246. The first-order valence-corrected chi connectivity index (χ1v) is 12.7. The van der Waals surface area contributed by atoms with Crippen molar-refractivity contribution in [3.63, 3.8) is 0 Å². The van der Waals surface area contributed by atoms with Crippen molar-refractivity contribution in [3.8, 4) is 0 Å². The summed E-state index contributed by atoms with van der Waals surface area (Å²) in [6.45, 7) is 0. The maximum atomic E-state index is 12.8. The number of nitrogens with two attached hydrogens (primary N) is 1. The molecule has 4 heterocycles. The van der Waals surface area contributed by atoms with Gasteiger partial charge in [-0.1, -0.05) is 27.7 Å². The second-order valence-corrected chi connectivity index (χ2v) is 9.98. The Labute approximate surface area is 201 Å². The Bertz CT molecular complexity index is 1160. The van der Waals surface area contributed by atoms with Gasteiger partial charge in [0.05, 0.1) is 11.3 Å². The van der Waals surface area contributed by atoms with Crippen LogP contribution in [0.4, 0.5) is 5.13 Å². The minimum Gasteiger partial charge on any atom is -0.477 e. The third-order valence-corrected chi connectivity index (χ3v) is 8.21. The summed E-state index contributed by atoms with van der Waals surface area (Å²) in [5.41, 5.74) is 6.76. The standard InChI is InChI=1S/C16H15BrN8O4S3/c1-24-16(21-22-23-24)32-4-6-3-30-13-9(12(27)25(13)10(6)14(28)29)20-11(26)7(2-17)8-5-31-15(18)19-8/h2,5,9,13H,3-4H2,1H3,(H2,18,19)(H,20,26)(H,28,29)/t9?,13-/m0/s1. The van der Waals surface area contributed by atoms with Crippen molar-refractivity contribution in [3.05, 3.63) is 27.3 Å². The number of anilines is 1. The molecule has 0 radical (unpaired) electrons. The molecule has 2 atom stereocenters. The van der Waals surface area contributed by atoms with Gasteiger partial charge in [-0.25, -0.2) is 14.5 Å². The van der Waals surface area contributed by atoms with Crippen LogP contribution in [0.15, 0.2) is 26.8 Å². The van der Waals surface area contributed by atoms with Crippen LogP contribution in [0.5, 0.6) is 0 Å². The third-order valence-electron chi connectivity index (χ3n) is 4.64. The summed E-state index contributed by atoms with van der Waals surface area (Å²) in [7, 11) is 1.68. The number of carboxylic acid groups (broad SMARTS) is 1. The Hall–Kier alpha value is -2.43. The van der Waals surface area contributed by atoms with Gasteiger partial charge in [-0.3, -0.25) is 14.5 Å². The van der Waals surface area contributed by atoms with E-state index in [0.29, 0.717) is 33.1 Å². The lowest BCUT2D eigenvalue weighted by molar-refractivity contribution is -0.150. The number of nitrogens with one attached hydrogen (secondary N) is 1. The fourth-order valence-corrected chi connectivity index (χ4v) is 6.48. The van der Waals surface area contributed by atoms with Gasteiger partial charge in [0.25, 0.3) is 11.8 Å². The van der Waals surface area contributed by atoms with E-state index in [1.165, 1.54) is 49.4 Å². The highest BCUT2D eigenvalue weighted by molar-refractivity contribution is 9.11. The van der Waals surface area contributed by atoms with E-state index in [9.17, 15) is 19.5 Å². The number of hydrogen-bond donors (Lipinski definition) is 3. The predicted octanol–water partition coefficient (Wildman–Crippen LogP) is 0.516. The average molecular weight is 559 g/mol. The number of aryl methyl sites for hydroxylation is 1. The highest BCUT2D eigenvalue weighted by Crippen LogP contribution is 2.41. The number of aromatic nitrogens is 5. The predicted molar refractivity (Wildman–Crippen MR) is 123 cm³/mol. The van der Waals surface area contributed by atoms with Crippen LogP contribution in [-0.4, -0.2) is 75.9 Å². The van der Waals surface area contributed by atoms with Crippen LogP contribution in [0.2, 0.25) is 0 Å². The number of thioether (sulfide) groups is 2. The molecule has 2 aliphatic rings. The molecule has 0 saturated carbocycles. The molecule has 2 aromatic rings. The molecule has 12 nitrogen and oxygen atoms in total. The lowest BCUT2D eigenvalue weighted by Gasteiger charge is -2.49. The van der Waals surface area contributed by atoms with Crippen LogP contribution in [0.1, 0.15) is 5.69 Å². The van der Waals surface area contributed by atoms with Gasteiger partial charge in [-0.2, -0.15) is 0 Å². The van der Waals surface area contributed by atoms with E-state index in [2.05, 4.69) is 41.8 Å². The zero-order valence-corrected chi connectivity index (χ0v) is 20.3. The molecule has 1 fully saturated rings. The maximum Gasteiger partial charge on any atom is 0.352 e. The largest absolute Gasteiger partial charge is 0.477 e. The Morgan fingerprint density at radius 1 is 1.50 bits per heavy atom. The van der Waals surface area contributed by atoms with Crippen LogP contribution >= 0.6 is 50.8 Å². The molecule has 2 amide bonds. The first-order chi connectivity index (χ1) is 15.3. The van der Waals surface area contributed by atoms with Crippen molar-refractivity contribution in [2.75, 3.05) is 17.2 Å². The van der Waals surface area contributed by atoms with Crippen molar-refractivity contribution in [2.24, 2.45) is 7.05 Å². The number of hydrogen-bond acceptors (Lipinski definition) is 11. The molecular formula is C16H15BrN8O4S3. The lowest BCUT2D eigenvalue weighted by Crippen LogP contribution is -2.70. The molecule has 1 saturated heterocycles. The molecule has 16 heteroatoms. The fourth-order valence-electron chi connectivity index (χ4n) is 3.14. The molecule has 1 unspecified atom stereocenters. The number of thiazole rings is 1. The zero-order chi connectivity index (χ0) is 23.0. The number of nitrogens with zero attached hydrogens (tertiary/aromatic N) is 6. The van der Waals surface area contributed by atoms with Crippen LogP contribution in [0.25, 0.3) is 5.57 Å². The first-order valence-electron chi connectivity index (χ1n) is 8.89. The summed E-state index contributed by atoms with van der Waals surface area (Å²) in [5.74, 6) is -1.48. The van der Waals surface area contributed by atoms with Gasteiger partial charge in [0.2, 0.25) is 5.16 Å². The number of β-lactam (4-membered cyclic amide) rings is 1. The van der Waals surface area contributed by atoms with E-state index in [0.717, 1.165) is 0 Å². The minimum absolute atomic E-state index is 0.0598. The molecule has 0 bridgehead atoms. The van der Waals surface area contributed by atoms with Crippen LogP contribution in [0, 0.1) is 0 Å². The van der Waals surface area contributed by atoms with Gasteiger partial charge in [-0.05, 0) is 21.0 Å². The number of nitrogen functional groups attached to an aromatic ring is 1. The van der Waals surface area contributed by atoms with Crippen molar-refractivity contribution in [1.82, 2.24) is 35.4 Å². The van der Waals surface area contributed by atoms with Gasteiger partial charge >= 0.3 is 5.97 Å². The lowest BCUT2D eigenvalue weighted by atomic mass is 10.0. The molecule has 168 valence electrons. The van der Waals surface area contributed by atoms with Crippen molar-refractivity contribution >= 4 is 79.3 Å². The highest BCUT2D eigenvalue weighted by atomic mass is 79.9. The smallest absolute Gasteiger partial charge is 0.352 e. The first kappa shape index (κ1) is 22.8. The number of tetrazole rings is 1. The molecule has 4 N–H and O–H groups in total. The number of fused-ring (bicyclic) bond motifs is 1. The van der Waals surface area contributed by atoms with Crippen LogP contribution in [0.3, 0.4) is 0 Å². The summed E-state index contributed by atoms with van der Waals surface area (Å²) < 4.78 is 1.48. The maximum absolute atomic E-state index is 12.8. The summed E-state index contributed by atoms with van der Waals surface area (Å²) in [6, 6.07) is -0.850. The molecule has 2 aromatic heterocycles. The van der Waals surface area contributed by atoms with Gasteiger partial charge < -0.3 is 16.2 Å². The molecular weight excluding hydrogens is 544 g/mol. The molecule has 2 aliphatic heterocycles. The highest BCUT2D eigenvalue weighted by Gasteiger charge is 2.54. The van der Waals surface area contributed by atoms with E-state index in [4.69, 9.17) is 5.73 Å². The third kappa shape index (κ3) is 4.14. The van der Waals surface area contributed by atoms with Crippen molar-refractivity contribution in [1.29, 1.82) is 0 Å². The molecule has 4 rings (SSSR count). The van der Waals surface area contributed by atoms with Gasteiger partial charge in [0.15, 0.2) is 5.13 Å². The monoisotopic (exact) mass is 558 g/mol. The number of carboxylic acids is 1. The minimum atomic E-state index is -1.20. The second kappa shape index (κ2) is 9.21. The average Bonchev–Trinajstić information content (AvgIpc) is 3.37. The van der Waals surface area contributed by atoms with Gasteiger partial charge in [0.1, 0.15) is 17.1 Å². The Morgan fingerprint density at radius 3 is 2.88 bits per heavy atom. The van der Waals surface area contributed by atoms with Crippen LogP contribution in [-0.2, 0) is 21.4 Å². The summed E-state index contributed by atoms with van der Waals surface area (Å²) in [6.07, 6.45) is 0. The normalized spacial score (nSPS) is 20.8. The van der Waals surface area contributed by atoms with E-state index in [1.54, 1.807) is 12.4 Å². The number of carbonyl (C=O) groups is 3. The summed E-state index contributed by atoms with van der Waals surface area (Å²) in [5, 5.41) is 25.6. The van der Waals surface area contributed by atoms with Gasteiger partial charge in [-0.15, -0.1) is 28.2 Å². The number of aliphatic carboxylic acids is 1. The summed E-state index contributed by atoms with van der Waals surface area (Å²) in [4.78, 5) is 44.2. The Balaban J connectivity index is 1.48. The number of rotatable bonds is 7. The Kier molecular flexibility index (Phi) is 6.55. The topological polar surface area (TPSA) is 169 Å². The van der Waals surface area contributed by atoms with Gasteiger partial charge in [0, 0.05) is 23.9 Å². The van der Waals surface area contributed by atoms with Crippen molar-refractivity contribution < 1.29 is 19.5 Å². The molecule has 0 aliphatic carbocycles. The van der Waals surface area contributed by atoms with E-state index in [-0.39, 0.29) is 11.3 Å². The number of halogens is 1. The fraction of sp³-hybridized carbons (Fsp3) is 0.312. The van der Waals surface area contributed by atoms with E-state index >= 15 is 0 Å². The number of carbonyl (C=O) groups excluding carboxylic acids is 2. The summed E-state index contributed by atoms with van der Waals surface area (Å²) >= 11 is 7.01. The molecule has 0 spiro atoms. The van der Waals surface area contributed by atoms with Crippen LogP contribution < -0.4 is 11.1 Å². The molecule has 0 aromatic carbocycles. The SMILES string of the molecule is Cn1nnnc1SCC1=C(C(=O)O)N2C(=O)C(NC(=O)C(=CBr)c3csc(N)n3)[C@@H]2SC1. The van der Waals surface area contributed by atoms with Crippen molar-refractivity contribution in [2.45, 2.75) is 16.6 Å². The molecule has 32 heavy (non-hydrogen) atoms. The zero-order valence-electron chi connectivity index (χ0n) is 16.3. The second-order valence-electron chi connectivity index (χ2n) is 6.59.